The molecule has 6 heteroatoms. The van der Waals surface area contributed by atoms with Crippen LogP contribution in [0.5, 0.6) is 0 Å². The third-order valence-corrected chi connectivity index (χ3v) is 5.71. The summed E-state index contributed by atoms with van der Waals surface area (Å²) in [5.41, 5.74) is 2.42. The number of thioether (sulfide) groups is 1. The van der Waals surface area contributed by atoms with Crippen LogP contribution in [0.3, 0.4) is 0 Å². The molecule has 0 bridgehead atoms. The standard InChI is InChI=1S/C17H18N4S2/c1-12-18-15(10-22-12)11-23-17-20-19-16(14-7-8-14)21(17)9-13-5-3-2-4-6-13/h2-6,10,14H,7-9,11H2,1H3. The third-order valence-electron chi connectivity index (χ3n) is 3.89. The minimum absolute atomic E-state index is 0.599. The quantitative estimate of drug-likeness (QED) is 0.628. The Balaban J connectivity index is 1.56. The summed E-state index contributed by atoms with van der Waals surface area (Å²) in [5, 5.41) is 13.2. The Morgan fingerprint density at radius 3 is 2.74 bits per heavy atom. The SMILES string of the molecule is Cc1nc(CSc2nnc(C3CC3)n2Cc2ccccc2)cs1. The molecule has 0 atom stereocenters. The number of rotatable bonds is 6. The lowest BCUT2D eigenvalue weighted by atomic mass is 10.2. The minimum atomic E-state index is 0.599. The van der Waals surface area contributed by atoms with Crippen molar-refractivity contribution in [3.8, 4) is 0 Å². The van der Waals surface area contributed by atoms with Gasteiger partial charge in [-0.15, -0.1) is 21.5 Å². The average molecular weight is 342 g/mol. The van der Waals surface area contributed by atoms with E-state index >= 15 is 0 Å². The first kappa shape index (κ1) is 14.9. The fourth-order valence-corrected chi connectivity index (χ4v) is 4.13. The van der Waals surface area contributed by atoms with Crippen molar-refractivity contribution in [3.05, 3.63) is 57.8 Å². The van der Waals surface area contributed by atoms with Crippen molar-refractivity contribution in [1.82, 2.24) is 19.7 Å². The number of nitrogens with zero attached hydrogens (tertiary/aromatic N) is 4. The van der Waals surface area contributed by atoms with Crippen molar-refractivity contribution in [2.24, 2.45) is 0 Å². The molecule has 0 amide bonds. The van der Waals surface area contributed by atoms with Crippen LogP contribution >= 0.6 is 23.1 Å². The van der Waals surface area contributed by atoms with Gasteiger partial charge in [-0.2, -0.15) is 0 Å². The summed E-state index contributed by atoms with van der Waals surface area (Å²) in [5.74, 6) is 2.59. The first-order valence-corrected chi connectivity index (χ1v) is 9.67. The normalized spacial score (nSPS) is 14.3. The van der Waals surface area contributed by atoms with Gasteiger partial charge in [-0.05, 0) is 25.3 Å². The molecule has 118 valence electrons. The van der Waals surface area contributed by atoms with Gasteiger partial charge >= 0.3 is 0 Å². The largest absolute Gasteiger partial charge is 0.301 e. The van der Waals surface area contributed by atoms with Gasteiger partial charge in [0.25, 0.3) is 0 Å². The van der Waals surface area contributed by atoms with E-state index in [1.165, 1.54) is 18.4 Å². The number of benzene rings is 1. The second-order valence-corrected chi connectivity index (χ2v) is 7.84. The van der Waals surface area contributed by atoms with Crippen molar-refractivity contribution in [2.45, 2.75) is 43.1 Å². The zero-order valence-electron chi connectivity index (χ0n) is 13.0. The molecule has 0 radical (unpaired) electrons. The van der Waals surface area contributed by atoms with Crippen LogP contribution in [0.2, 0.25) is 0 Å². The first-order valence-electron chi connectivity index (χ1n) is 7.80. The van der Waals surface area contributed by atoms with Gasteiger partial charge in [0.15, 0.2) is 5.16 Å². The molecule has 0 aliphatic heterocycles. The van der Waals surface area contributed by atoms with Gasteiger partial charge in [-0.1, -0.05) is 42.1 Å². The zero-order chi connectivity index (χ0) is 15.6. The van der Waals surface area contributed by atoms with E-state index < -0.39 is 0 Å². The van der Waals surface area contributed by atoms with Gasteiger partial charge < -0.3 is 4.57 Å². The van der Waals surface area contributed by atoms with Gasteiger partial charge in [0.05, 0.1) is 17.2 Å². The summed E-state index contributed by atoms with van der Waals surface area (Å²) < 4.78 is 2.29. The highest BCUT2D eigenvalue weighted by molar-refractivity contribution is 7.98. The first-order chi connectivity index (χ1) is 11.3. The summed E-state index contributed by atoms with van der Waals surface area (Å²) in [7, 11) is 0. The molecule has 1 fully saturated rings. The Morgan fingerprint density at radius 2 is 2.04 bits per heavy atom. The third kappa shape index (κ3) is 3.48. The van der Waals surface area contributed by atoms with Crippen molar-refractivity contribution >= 4 is 23.1 Å². The molecule has 4 nitrogen and oxygen atoms in total. The van der Waals surface area contributed by atoms with Crippen LogP contribution in [0.25, 0.3) is 0 Å². The smallest absolute Gasteiger partial charge is 0.191 e. The molecule has 2 heterocycles. The van der Waals surface area contributed by atoms with Crippen molar-refractivity contribution in [2.75, 3.05) is 0 Å². The summed E-state index contributed by atoms with van der Waals surface area (Å²) >= 11 is 3.43. The lowest BCUT2D eigenvalue weighted by molar-refractivity contribution is 0.667. The molecule has 23 heavy (non-hydrogen) atoms. The van der Waals surface area contributed by atoms with Crippen LogP contribution in [0, 0.1) is 6.92 Å². The summed E-state index contributed by atoms with van der Waals surface area (Å²) in [4.78, 5) is 4.53. The molecule has 0 unspecified atom stereocenters. The highest BCUT2D eigenvalue weighted by Gasteiger charge is 2.30. The van der Waals surface area contributed by atoms with E-state index in [0.717, 1.165) is 34.0 Å². The predicted molar refractivity (Wildman–Crippen MR) is 94.0 cm³/mol. The summed E-state index contributed by atoms with van der Waals surface area (Å²) in [6.45, 7) is 2.89. The fourth-order valence-electron chi connectivity index (χ4n) is 2.58. The molecule has 1 aromatic carbocycles. The second-order valence-electron chi connectivity index (χ2n) is 5.83. The molecule has 0 N–H and O–H groups in total. The molecule has 0 spiro atoms. The maximum atomic E-state index is 4.53. The molecule has 1 aliphatic carbocycles. The molecule has 0 saturated heterocycles. The minimum Gasteiger partial charge on any atom is -0.301 e. The van der Waals surface area contributed by atoms with Crippen LogP contribution in [-0.2, 0) is 12.3 Å². The van der Waals surface area contributed by atoms with E-state index in [1.54, 1.807) is 23.1 Å². The lowest BCUT2D eigenvalue weighted by Gasteiger charge is -2.09. The number of hydrogen-bond donors (Lipinski definition) is 0. The van der Waals surface area contributed by atoms with Crippen LogP contribution in [0.4, 0.5) is 0 Å². The Labute approximate surface area is 144 Å². The Hall–Kier alpha value is -1.66. The topological polar surface area (TPSA) is 43.6 Å². The van der Waals surface area contributed by atoms with Crippen LogP contribution in [-0.4, -0.2) is 19.7 Å². The van der Waals surface area contributed by atoms with E-state index in [2.05, 4.69) is 55.5 Å². The van der Waals surface area contributed by atoms with Crippen LogP contribution < -0.4 is 0 Å². The van der Waals surface area contributed by atoms with Gasteiger partial charge in [0, 0.05) is 17.1 Å². The van der Waals surface area contributed by atoms with E-state index in [4.69, 9.17) is 0 Å². The second kappa shape index (κ2) is 6.45. The Bertz CT molecular complexity index is 790. The maximum absolute atomic E-state index is 4.53. The van der Waals surface area contributed by atoms with E-state index in [0.29, 0.717) is 5.92 Å². The number of aromatic nitrogens is 4. The Morgan fingerprint density at radius 1 is 1.22 bits per heavy atom. The number of hydrogen-bond acceptors (Lipinski definition) is 5. The van der Waals surface area contributed by atoms with Crippen molar-refractivity contribution in [1.29, 1.82) is 0 Å². The highest BCUT2D eigenvalue weighted by atomic mass is 32.2. The molecule has 3 aromatic rings. The number of aryl methyl sites for hydroxylation is 1. The van der Waals surface area contributed by atoms with Gasteiger partial charge in [0.1, 0.15) is 5.82 Å². The predicted octanol–water partition coefficient (Wildman–Crippen LogP) is 4.26. The van der Waals surface area contributed by atoms with Crippen molar-refractivity contribution < 1.29 is 0 Å². The van der Waals surface area contributed by atoms with E-state index in [1.807, 2.05) is 6.92 Å². The lowest BCUT2D eigenvalue weighted by Crippen LogP contribution is -2.06. The molecule has 4 rings (SSSR count). The summed E-state index contributed by atoms with van der Waals surface area (Å²) in [6.07, 6.45) is 2.48. The monoisotopic (exact) mass is 342 g/mol. The van der Waals surface area contributed by atoms with Crippen LogP contribution in [0.15, 0.2) is 40.9 Å². The molecular weight excluding hydrogens is 324 g/mol. The van der Waals surface area contributed by atoms with E-state index in [9.17, 15) is 0 Å². The molecule has 2 aromatic heterocycles. The van der Waals surface area contributed by atoms with Crippen LogP contribution in [0.1, 0.15) is 40.8 Å². The highest BCUT2D eigenvalue weighted by Crippen LogP contribution is 2.40. The molecule has 1 aliphatic rings. The van der Waals surface area contributed by atoms with Gasteiger partial charge in [-0.3, -0.25) is 0 Å². The zero-order valence-corrected chi connectivity index (χ0v) is 14.6. The molecule has 1 saturated carbocycles. The van der Waals surface area contributed by atoms with Crippen molar-refractivity contribution in [3.63, 3.8) is 0 Å². The maximum Gasteiger partial charge on any atom is 0.191 e. The Kier molecular flexibility index (Phi) is 4.18. The summed E-state index contributed by atoms with van der Waals surface area (Å²) in [6, 6.07) is 10.5. The fraction of sp³-hybridized carbons (Fsp3) is 0.353. The van der Waals surface area contributed by atoms with E-state index in [-0.39, 0.29) is 0 Å². The average Bonchev–Trinajstić information content (AvgIpc) is 3.21. The number of thiazole rings is 1. The van der Waals surface area contributed by atoms with Gasteiger partial charge in [-0.25, -0.2) is 4.98 Å². The van der Waals surface area contributed by atoms with Gasteiger partial charge in [0.2, 0.25) is 0 Å². The molecular formula is C17H18N4S2.